The third-order valence-electron chi connectivity index (χ3n) is 4.53. The zero-order chi connectivity index (χ0) is 18.8. The largest absolute Gasteiger partial charge is 0.346 e. The van der Waals surface area contributed by atoms with E-state index in [0.29, 0.717) is 13.1 Å². The Hall–Kier alpha value is -2.87. The van der Waals surface area contributed by atoms with E-state index in [0.717, 1.165) is 34.8 Å². The highest BCUT2D eigenvalue weighted by atomic mass is 32.1. The van der Waals surface area contributed by atoms with Gasteiger partial charge in [0, 0.05) is 18.3 Å². The average Bonchev–Trinajstić information content (AvgIpc) is 3.23. The van der Waals surface area contributed by atoms with Crippen LogP contribution in [0.5, 0.6) is 0 Å². The summed E-state index contributed by atoms with van der Waals surface area (Å²) in [5, 5.41) is 12.1. The van der Waals surface area contributed by atoms with E-state index in [4.69, 9.17) is 0 Å². The maximum Gasteiger partial charge on any atom is 0.346 e. The summed E-state index contributed by atoms with van der Waals surface area (Å²) < 4.78 is 3.24. The van der Waals surface area contributed by atoms with Crippen LogP contribution in [0.2, 0.25) is 0 Å². The summed E-state index contributed by atoms with van der Waals surface area (Å²) in [5.41, 5.74) is 1.65. The summed E-state index contributed by atoms with van der Waals surface area (Å²) in [4.78, 5) is 25.8. The fraction of sp³-hybridized carbons (Fsp3) is 0.316. The lowest BCUT2D eigenvalue weighted by Crippen LogP contribution is -2.34. The van der Waals surface area contributed by atoms with Crippen molar-refractivity contribution in [3.63, 3.8) is 0 Å². The monoisotopic (exact) mass is 383 g/mol. The Morgan fingerprint density at radius 1 is 1.26 bits per heavy atom. The Bertz CT molecular complexity index is 1000. The maximum atomic E-state index is 12.7. The van der Waals surface area contributed by atoms with Gasteiger partial charge < -0.3 is 10.6 Å². The molecule has 0 spiro atoms. The van der Waals surface area contributed by atoms with E-state index >= 15 is 0 Å². The van der Waals surface area contributed by atoms with Gasteiger partial charge in [0.15, 0.2) is 5.82 Å². The normalized spacial score (nSPS) is 13.5. The number of thiophene rings is 1. The predicted molar refractivity (Wildman–Crippen MR) is 106 cm³/mol. The first-order chi connectivity index (χ1) is 13.1. The van der Waals surface area contributed by atoms with E-state index in [2.05, 4.69) is 15.7 Å². The molecule has 27 heavy (non-hydrogen) atoms. The van der Waals surface area contributed by atoms with Gasteiger partial charge in [-0.1, -0.05) is 24.3 Å². The van der Waals surface area contributed by atoms with E-state index in [9.17, 15) is 9.59 Å². The fourth-order valence-electron chi connectivity index (χ4n) is 2.96. The van der Waals surface area contributed by atoms with Crippen molar-refractivity contribution in [2.75, 3.05) is 11.9 Å². The number of urea groups is 1. The number of aromatic nitrogens is 3. The van der Waals surface area contributed by atoms with Crippen LogP contribution in [-0.4, -0.2) is 26.9 Å². The molecular formula is C19H21N5O2S. The summed E-state index contributed by atoms with van der Waals surface area (Å²) in [7, 11) is 0. The van der Waals surface area contributed by atoms with Crippen molar-refractivity contribution in [3.8, 4) is 10.7 Å². The van der Waals surface area contributed by atoms with Gasteiger partial charge in [0.1, 0.15) is 0 Å². The number of amides is 2. The van der Waals surface area contributed by atoms with Crippen LogP contribution in [0.4, 0.5) is 10.5 Å². The van der Waals surface area contributed by atoms with Crippen LogP contribution in [0.3, 0.4) is 0 Å². The first-order valence-electron chi connectivity index (χ1n) is 8.97. The predicted octanol–water partition coefficient (Wildman–Crippen LogP) is 3.24. The molecule has 140 valence electrons. The second-order valence-electron chi connectivity index (χ2n) is 6.60. The number of aryl methyl sites for hydroxylation is 1. The van der Waals surface area contributed by atoms with Gasteiger partial charge in [0.2, 0.25) is 0 Å². The first kappa shape index (κ1) is 17.5. The number of nitrogens with zero attached hydrogens (tertiary/aromatic N) is 3. The highest BCUT2D eigenvalue weighted by Crippen LogP contribution is 2.37. The van der Waals surface area contributed by atoms with Crippen LogP contribution in [0, 0.1) is 6.92 Å². The molecule has 4 rings (SSSR count). The molecule has 1 fully saturated rings. The lowest BCUT2D eigenvalue weighted by molar-refractivity contribution is 0.251. The van der Waals surface area contributed by atoms with Crippen molar-refractivity contribution in [2.24, 2.45) is 0 Å². The minimum atomic E-state index is -0.294. The molecule has 0 atom stereocenters. The Morgan fingerprint density at radius 3 is 2.78 bits per heavy atom. The minimum Gasteiger partial charge on any atom is -0.336 e. The van der Waals surface area contributed by atoms with Crippen LogP contribution in [-0.2, 0) is 6.54 Å². The van der Waals surface area contributed by atoms with E-state index in [1.54, 1.807) is 15.9 Å². The first-order valence-corrected chi connectivity index (χ1v) is 9.85. The number of carbonyl (C=O) groups excluding carboxylic acids is 1. The molecule has 0 saturated heterocycles. The van der Waals surface area contributed by atoms with E-state index < -0.39 is 0 Å². The van der Waals surface area contributed by atoms with Gasteiger partial charge in [-0.15, -0.1) is 16.4 Å². The number of hydrogen-bond acceptors (Lipinski definition) is 4. The molecular weight excluding hydrogens is 362 g/mol. The summed E-state index contributed by atoms with van der Waals surface area (Å²) >= 11 is 1.57. The smallest absolute Gasteiger partial charge is 0.336 e. The average molecular weight is 383 g/mol. The number of benzene rings is 1. The molecule has 2 amide bonds. The molecule has 3 aromatic rings. The topological polar surface area (TPSA) is 81.0 Å². The third-order valence-corrected chi connectivity index (χ3v) is 5.39. The zero-order valence-corrected chi connectivity index (χ0v) is 15.8. The molecule has 2 aromatic heterocycles. The van der Waals surface area contributed by atoms with Gasteiger partial charge in [-0.25, -0.2) is 14.3 Å². The standard InChI is InChI=1S/C19H21N5O2S/c1-13-5-2-3-6-15(13)21-18(25)20-10-11-23-19(26)24(14-8-9-14)17(22-23)16-7-4-12-27-16/h2-7,12,14H,8-11H2,1H3,(H2,20,21,25). The van der Waals surface area contributed by atoms with E-state index in [1.807, 2.05) is 48.7 Å². The van der Waals surface area contributed by atoms with Gasteiger partial charge in [-0.05, 0) is 42.8 Å². The molecule has 1 aliphatic carbocycles. The van der Waals surface area contributed by atoms with Crippen LogP contribution in [0.25, 0.3) is 10.7 Å². The zero-order valence-electron chi connectivity index (χ0n) is 15.0. The second kappa shape index (κ2) is 7.40. The fourth-order valence-corrected chi connectivity index (χ4v) is 3.66. The SMILES string of the molecule is Cc1ccccc1NC(=O)NCCn1nc(-c2cccs2)n(C2CC2)c1=O. The molecule has 0 radical (unpaired) electrons. The lowest BCUT2D eigenvalue weighted by Gasteiger charge is -2.09. The summed E-state index contributed by atoms with van der Waals surface area (Å²) in [6, 6.07) is 11.5. The number of carbonyl (C=O) groups is 1. The highest BCUT2D eigenvalue weighted by Gasteiger charge is 2.30. The summed E-state index contributed by atoms with van der Waals surface area (Å²) in [6.45, 7) is 2.59. The number of rotatable bonds is 6. The molecule has 0 unspecified atom stereocenters. The molecule has 0 aliphatic heterocycles. The van der Waals surface area contributed by atoms with Gasteiger partial charge >= 0.3 is 11.7 Å². The number of nitrogens with one attached hydrogen (secondary N) is 2. The van der Waals surface area contributed by atoms with Gasteiger partial charge in [0.05, 0.1) is 11.4 Å². The van der Waals surface area contributed by atoms with Crippen molar-refractivity contribution in [1.29, 1.82) is 0 Å². The second-order valence-corrected chi connectivity index (χ2v) is 7.55. The Labute approximate surface area is 160 Å². The van der Waals surface area contributed by atoms with Crippen LogP contribution < -0.4 is 16.3 Å². The number of hydrogen-bond donors (Lipinski definition) is 2. The van der Waals surface area contributed by atoms with Gasteiger partial charge in [-0.3, -0.25) is 4.57 Å². The van der Waals surface area contributed by atoms with Crippen LogP contribution in [0.15, 0.2) is 46.6 Å². The Kier molecular flexibility index (Phi) is 4.81. The van der Waals surface area contributed by atoms with Crippen LogP contribution in [0.1, 0.15) is 24.4 Å². The van der Waals surface area contributed by atoms with Gasteiger partial charge in [-0.2, -0.15) is 0 Å². The van der Waals surface area contributed by atoms with Crippen molar-refractivity contribution in [1.82, 2.24) is 19.7 Å². The Morgan fingerprint density at radius 2 is 2.07 bits per heavy atom. The minimum absolute atomic E-state index is 0.109. The molecule has 1 aromatic carbocycles. The third kappa shape index (κ3) is 3.80. The van der Waals surface area contributed by atoms with Crippen LogP contribution >= 0.6 is 11.3 Å². The molecule has 0 bridgehead atoms. The maximum absolute atomic E-state index is 12.7. The number of anilines is 1. The number of para-hydroxylation sites is 1. The highest BCUT2D eigenvalue weighted by molar-refractivity contribution is 7.13. The Balaban J connectivity index is 1.41. The van der Waals surface area contributed by atoms with Crippen molar-refractivity contribution in [3.05, 3.63) is 57.8 Å². The van der Waals surface area contributed by atoms with Crippen molar-refractivity contribution >= 4 is 23.1 Å². The van der Waals surface area contributed by atoms with Gasteiger partial charge in [0.25, 0.3) is 0 Å². The molecule has 2 heterocycles. The van der Waals surface area contributed by atoms with Crippen molar-refractivity contribution in [2.45, 2.75) is 32.4 Å². The molecule has 2 N–H and O–H groups in total. The lowest BCUT2D eigenvalue weighted by atomic mass is 10.2. The molecule has 1 saturated carbocycles. The van der Waals surface area contributed by atoms with E-state index in [-0.39, 0.29) is 17.8 Å². The summed E-state index contributed by atoms with van der Waals surface area (Å²) in [5.74, 6) is 0.724. The molecule has 1 aliphatic rings. The summed E-state index contributed by atoms with van der Waals surface area (Å²) in [6.07, 6.45) is 2.03. The molecule has 8 heteroatoms. The van der Waals surface area contributed by atoms with E-state index in [1.165, 1.54) is 4.68 Å². The quantitative estimate of drug-likeness (QED) is 0.686. The molecule has 7 nitrogen and oxygen atoms in total. The van der Waals surface area contributed by atoms with Crippen molar-refractivity contribution < 1.29 is 4.79 Å².